The maximum Gasteiger partial charge on any atom is 0.228 e. The highest BCUT2D eigenvalue weighted by molar-refractivity contribution is 7.15. The van der Waals surface area contributed by atoms with E-state index in [0.29, 0.717) is 18.4 Å². The fraction of sp³-hybridized carbons (Fsp3) is 0.706. The van der Waals surface area contributed by atoms with Crippen molar-refractivity contribution in [2.45, 2.75) is 56.9 Å². The van der Waals surface area contributed by atoms with E-state index in [1.54, 1.807) is 16.0 Å². The standard InChI is InChI=1S/C17H22N6OS/c24-15(1-2-23-10-19-21-22-23)20-16-18-9-14(25-16)17-6-11-3-12(7-17)5-13(4-11)8-17/h9-13H,1-8H2,(H,18,20,24). The van der Waals surface area contributed by atoms with Gasteiger partial charge in [-0.15, -0.1) is 16.4 Å². The quantitative estimate of drug-likeness (QED) is 0.888. The van der Waals surface area contributed by atoms with Crippen LogP contribution in [0.25, 0.3) is 0 Å². The normalized spacial score (nSPS) is 32.9. The van der Waals surface area contributed by atoms with E-state index < -0.39 is 0 Å². The van der Waals surface area contributed by atoms with Gasteiger partial charge in [0.2, 0.25) is 5.91 Å². The number of aromatic nitrogens is 5. The predicted molar refractivity (Wildman–Crippen MR) is 93.0 cm³/mol. The number of nitrogens with one attached hydrogen (secondary N) is 1. The van der Waals surface area contributed by atoms with Gasteiger partial charge in [-0.1, -0.05) is 0 Å². The first-order valence-electron chi connectivity index (χ1n) is 9.15. The zero-order valence-electron chi connectivity index (χ0n) is 14.1. The van der Waals surface area contributed by atoms with Gasteiger partial charge in [-0.2, -0.15) is 0 Å². The van der Waals surface area contributed by atoms with Crippen LogP contribution in [0.15, 0.2) is 12.5 Å². The van der Waals surface area contributed by atoms with Crippen molar-refractivity contribution in [1.82, 2.24) is 25.2 Å². The number of hydrogen-bond donors (Lipinski definition) is 1. The summed E-state index contributed by atoms with van der Waals surface area (Å²) in [4.78, 5) is 18.0. The van der Waals surface area contributed by atoms with Crippen LogP contribution >= 0.6 is 11.3 Å². The summed E-state index contributed by atoms with van der Waals surface area (Å²) in [5, 5.41) is 14.6. The number of carbonyl (C=O) groups excluding carboxylic acids is 1. The molecule has 4 fully saturated rings. The van der Waals surface area contributed by atoms with Gasteiger partial charge in [-0.3, -0.25) is 4.79 Å². The zero-order chi connectivity index (χ0) is 16.9. The van der Waals surface area contributed by atoms with Gasteiger partial charge in [0.25, 0.3) is 0 Å². The Morgan fingerprint density at radius 1 is 1.24 bits per heavy atom. The smallest absolute Gasteiger partial charge is 0.228 e. The molecule has 6 rings (SSSR count). The molecule has 0 saturated heterocycles. The number of amides is 1. The van der Waals surface area contributed by atoms with Crippen LogP contribution in [0, 0.1) is 17.8 Å². The minimum Gasteiger partial charge on any atom is -0.302 e. The van der Waals surface area contributed by atoms with Crippen molar-refractivity contribution >= 4 is 22.4 Å². The number of aryl methyl sites for hydroxylation is 1. The molecule has 0 unspecified atom stereocenters. The average Bonchev–Trinajstić information content (AvgIpc) is 3.23. The lowest BCUT2D eigenvalue weighted by molar-refractivity contribution is -0.116. The Balaban J connectivity index is 1.25. The van der Waals surface area contributed by atoms with Crippen LogP contribution in [-0.2, 0) is 16.8 Å². The summed E-state index contributed by atoms with van der Waals surface area (Å²) >= 11 is 1.68. The van der Waals surface area contributed by atoms with Crippen LogP contribution in [-0.4, -0.2) is 31.1 Å². The Morgan fingerprint density at radius 3 is 2.60 bits per heavy atom. The second-order valence-electron chi connectivity index (χ2n) is 8.10. The first-order valence-corrected chi connectivity index (χ1v) is 9.97. The van der Waals surface area contributed by atoms with Gasteiger partial charge in [0, 0.05) is 22.9 Å². The Morgan fingerprint density at radius 2 is 1.96 bits per heavy atom. The minimum absolute atomic E-state index is 0.0399. The summed E-state index contributed by atoms with van der Waals surface area (Å²) in [5.41, 5.74) is 0.349. The average molecular weight is 358 g/mol. The highest BCUT2D eigenvalue weighted by atomic mass is 32.1. The van der Waals surface area contributed by atoms with Crippen molar-refractivity contribution < 1.29 is 4.79 Å². The largest absolute Gasteiger partial charge is 0.302 e. The molecule has 7 nitrogen and oxygen atoms in total. The molecule has 2 aromatic heterocycles. The third kappa shape index (κ3) is 2.86. The van der Waals surface area contributed by atoms with Crippen molar-refractivity contribution in [3.05, 3.63) is 17.4 Å². The summed E-state index contributed by atoms with van der Waals surface area (Å²) in [6.45, 7) is 0.478. The first kappa shape index (κ1) is 15.4. The molecule has 2 aromatic rings. The molecule has 2 heterocycles. The number of carbonyl (C=O) groups is 1. The van der Waals surface area contributed by atoms with Crippen LogP contribution < -0.4 is 5.32 Å². The second-order valence-corrected chi connectivity index (χ2v) is 9.13. The molecular formula is C17H22N6OS. The molecule has 8 heteroatoms. The number of rotatable bonds is 5. The molecule has 4 saturated carbocycles. The van der Waals surface area contributed by atoms with Gasteiger partial charge in [-0.05, 0) is 66.7 Å². The van der Waals surface area contributed by atoms with Gasteiger partial charge in [-0.25, -0.2) is 9.67 Å². The molecule has 25 heavy (non-hydrogen) atoms. The van der Waals surface area contributed by atoms with Crippen molar-refractivity contribution in [3.8, 4) is 0 Å². The lowest BCUT2D eigenvalue weighted by Gasteiger charge is -2.56. The van der Waals surface area contributed by atoms with E-state index >= 15 is 0 Å². The van der Waals surface area contributed by atoms with Crippen LogP contribution in [0.2, 0.25) is 0 Å². The van der Waals surface area contributed by atoms with Crippen molar-refractivity contribution in [2.24, 2.45) is 17.8 Å². The highest BCUT2D eigenvalue weighted by Gasteiger charge is 2.52. The Hall–Kier alpha value is -1.83. The Kier molecular flexibility index (Phi) is 3.62. The maximum atomic E-state index is 12.1. The molecule has 1 amide bonds. The molecule has 4 aliphatic carbocycles. The molecule has 0 aromatic carbocycles. The third-order valence-electron chi connectivity index (χ3n) is 6.27. The number of tetrazole rings is 1. The maximum absolute atomic E-state index is 12.1. The summed E-state index contributed by atoms with van der Waals surface area (Å²) in [6.07, 6.45) is 12.2. The zero-order valence-corrected chi connectivity index (χ0v) is 14.9. The van der Waals surface area contributed by atoms with Gasteiger partial charge < -0.3 is 5.32 Å². The number of nitrogens with zero attached hydrogens (tertiary/aromatic N) is 5. The first-order chi connectivity index (χ1) is 12.2. The van der Waals surface area contributed by atoms with Crippen LogP contribution in [0.5, 0.6) is 0 Å². The van der Waals surface area contributed by atoms with Gasteiger partial charge in [0.15, 0.2) is 5.13 Å². The molecule has 4 aliphatic rings. The lowest BCUT2D eigenvalue weighted by atomic mass is 9.49. The van der Waals surface area contributed by atoms with E-state index in [9.17, 15) is 4.79 Å². The van der Waals surface area contributed by atoms with Crippen LogP contribution in [0.1, 0.15) is 49.8 Å². The molecule has 0 spiro atoms. The molecule has 0 radical (unpaired) electrons. The van der Waals surface area contributed by atoms with E-state index in [0.717, 1.165) is 22.9 Å². The number of hydrogen-bond acceptors (Lipinski definition) is 6. The molecule has 4 bridgehead atoms. The van der Waals surface area contributed by atoms with Crippen molar-refractivity contribution in [2.75, 3.05) is 5.32 Å². The van der Waals surface area contributed by atoms with Crippen molar-refractivity contribution in [3.63, 3.8) is 0 Å². The summed E-state index contributed by atoms with van der Waals surface area (Å²) in [6, 6.07) is 0. The fourth-order valence-corrected chi connectivity index (χ4v) is 6.72. The lowest BCUT2D eigenvalue weighted by Crippen LogP contribution is -2.48. The van der Waals surface area contributed by atoms with E-state index in [-0.39, 0.29) is 5.91 Å². The molecule has 132 valence electrons. The van der Waals surface area contributed by atoms with Crippen LogP contribution in [0.3, 0.4) is 0 Å². The van der Waals surface area contributed by atoms with Gasteiger partial charge in [0.05, 0.1) is 6.54 Å². The molecule has 0 aliphatic heterocycles. The van der Waals surface area contributed by atoms with Gasteiger partial charge in [0.1, 0.15) is 6.33 Å². The fourth-order valence-electron chi connectivity index (χ4n) is 5.67. The van der Waals surface area contributed by atoms with E-state index in [4.69, 9.17) is 0 Å². The van der Waals surface area contributed by atoms with E-state index in [1.165, 1.54) is 49.7 Å². The topological polar surface area (TPSA) is 85.6 Å². The van der Waals surface area contributed by atoms with E-state index in [2.05, 4.69) is 25.8 Å². The summed E-state index contributed by atoms with van der Waals surface area (Å²) in [5.74, 6) is 2.72. The Labute approximate surface area is 150 Å². The highest BCUT2D eigenvalue weighted by Crippen LogP contribution is 2.61. The minimum atomic E-state index is -0.0399. The van der Waals surface area contributed by atoms with E-state index in [1.807, 2.05) is 6.20 Å². The molecule has 0 atom stereocenters. The monoisotopic (exact) mass is 358 g/mol. The summed E-state index contributed by atoms with van der Waals surface area (Å²) < 4.78 is 1.56. The van der Waals surface area contributed by atoms with Gasteiger partial charge >= 0.3 is 0 Å². The Bertz CT molecular complexity index is 735. The SMILES string of the molecule is O=C(CCn1cnnn1)Nc1ncc(C23CC4CC(CC(C4)C2)C3)s1. The summed E-state index contributed by atoms with van der Waals surface area (Å²) in [7, 11) is 0. The number of anilines is 1. The third-order valence-corrected chi connectivity index (χ3v) is 7.43. The molecule has 1 N–H and O–H groups in total. The number of thiazole rings is 1. The molecular weight excluding hydrogens is 336 g/mol. The van der Waals surface area contributed by atoms with Crippen LogP contribution in [0.4, 0.5) is 5.13 Å². The second kappa shape index (κ2) is 5.86. The predicted octanol–water partition coefficient (Wildman–Crippen LogP) is 2.63. The van der Waals surface area contributed by atoms with Crippen molar-refractivity contribution in [1.29, 1.82) is 0 Å².